The number of carbonyl (C=O) groups excluding carboxylic acids is 1. The third-order valence-corrected chi connectivity index (χ3v) is 2.20. The van der Waals surface area contributed by atoms with Crippen molar-refractivity contribution in [2.45, 2.75) is 12.6 Å². The van der Waals surface area contributed by atoms with Crippen LogP contribution in [0.25, 0.3) is 0 Å². The molecule has 0 spiro atoms. The predicted octanol–water partition coefficient (Wildman–Crippen LogP) is 2.57. The van der Waals surface area contributed by atoms with Gasteiger partial charge in [-0.1, -0.05) is 6.07 Å². The van der Waals surface area contributed by atoms with E-state index in [9.17, 15) is 22.4 Å². The topological polar surface area (TPSA) is 20.3 Å². The minimum Gasteiger partial charge on any atom is -0.377 e. The molecule has 0 unspecified atom stereocenters. The van der Waals surface area contributed by atoms with Gasteiger partial charge in [0.2, 0.25) is 5.78 Å². The van der Waals surface area contributed by atoms with E-state index in [-0.39, 0.29) is 11.3 Å². The van der Waals surface area contributed by atoms with Gasteiger partial charge in [0.05, 0.1) is 0 Å². The maximum Gasteiger partial charge on any atom is 0.450 e. The van der Waals surface area contributed by atoms with Crippen LogP contribution in [0.1, 0.15) is 5.56 Å². The van der Waals surface area contributed by atoms with Crippen LogP contribution in [0, 0.1) is 5.82 Å². The minimum atomic E-state index is -4.86. The molecule has 0 fully saturated rings. The van der Waals surface area contributed by atoms with Gasteiger partial charge in [0.15, 0.2) is 0 Å². The Labute approximate surface area is 95.8 Å². The third kappa shape index (κ3) is 3.44. The molecule has 0 bridgehead atoms. The molecule has 0 aromatic heterocycles. The van der Waals surface area contributed by atoms with Gasteiger partial charge in [-0.15, -0.1) is 0 Å². The number of hydrogen-bond donors (Lipinski definition) is 0. The number of anilines is 1. The van der Waals surface area contributed by atoms with E-state index in [0.29, 0.717) is 0 Å². The summed E-state index contributed by atoms with van der Waals surface area (Å²) < 4.78 is 49.3. The van der Waals surface area contributed by atoms with Crippen LogP contribution in [0.4, 0.5) is 23.2 Å². The van der Waals surface area contributed by atoms with E-state index in [1.807, 2.05) is 0 Å². The van der Waals surface area contributed by atoms with Crippen LogP contribution in [0.5, 0.6) is 0 Å². The number of hydrogen-bond acceptors (Lipinski definition) is 2. The summed E-state index contributed by atoms with van der Waals surface area (Å²) in [4.78, 5) is 12.3. The quantitative estimate of drug-likeness (QED) is 0.767. The Morgan fingerprint density at radius 3 is 2.35 bits per heavy atom. The fraction of sp³-hybridized carbons (Fsp3) is 0.364. The molecule has 17 heavy (non-hydrogen) atoms. The fourth-order valence-corrected chi connectivity index (χ4v) is 1.38. The lowest BCUT2D eigenvalue weighted by molar-refractivity contribution is -0.170. The molecule has 1 rings (SSSR count). The number of Topliss-reactive ketones (excluding diaryl/α,β-unsaturated/α-hetero) is 1. The molecule has 94 valence electrons. The highest BCUT2D eigenvalue weighted by atomic mass is 19.4. The van der Waals surface area contributed by atoms with Crippen molar-refractivity contribution < 1.29 is 22.4 Å². The highest BCUT2D eigenvalue weighted by molar-refractivity contribution is 5.87. The van der Waals surface area contributed by atoms with Gasteiger partial charge in [-0.25, -0.2) is 4.39 Å². The minimum absolute atomic E-state index is 0.152. The maximum atomic E-state index is 12.9. The van der Waals surface area contributed by atoms with Crippen molar-refractivity contribution in [1.29, 1.82) is 0 Å². The van der Waals surface area contributed by atoms with Crippen LogP contribution in [0.2, 0.25) is 0 Å². The maximum absolute atomic E-state index is 12.9. The first-order valence-corrected chi connectivity index (χ1v) is 4.77. The number of halogens is 4. The Morgan fingerprint density at radius 1 is 1.29 bits per heavy atom. The smallest absolute Gasteiger partial charge is 0.377 e. The predicted molar refractivity (Wildman–Crippen MR) is 55.5 cm³/mol. The van der Waals surface area contributed by atoms with Crippen LogP contribution in [-0.4, -0.2) is 26.1 Å². The number of nitrogens with zero attached hydrogens (tertiary/aromatic N) is 1. The van der Waals surface area contributed by atoms with Crippen molar-refractivity contribution in [1.82, 2.24) is 0 Å². The van der Waals surface area contributed by atoms with Gasteiger partial charge in [-0.05, 0) is 17.7 Å². The average molecular weight is 249 g/mol. The van der Waals surface area contributed by atoms with Crippen molar-refractivity contribution in [3.8, 4) is 0 Å². The molecule has 1 aromatic rings. The van der Waals surface area contributed by atoms with E-state index in [4.69, 9.17) is 0 Å². The summed E-state index contributed by atoms with van der Waals surface area (Å²) in [6.45, 7) is 0. The molecule has 0 saturated heterocycles. The lowest BCUT2D eigenvalue weighted by Gasteiger charge is -2.17. The molecular formula is C11H11F4NO. The molecular weight excluding hydrogens is 238 g/mol. The van der Waals surface area contributed by atoms with Gasteiger partial charge in [0, 0.05) is 26.2 Å². The Morgan fingerprint density at radius 2 is 1.88 bits per heavy atom. The van der Waals surface area contributed by atoms with E-state index in [0.717, 1.165) is 12.1 Å². The zero-order chi connectivity index (χ0) is 13.2. The number of ketones is 1. The van der Waals surface area contributed by atoms with Crippen LogP contribution in [0.15, 0.2) is 18.2 Å². The van der Waals surface area contributed by atoms with Crippen molar-refractivity contribution >= 4 is 11.5 Å². The summed E-state index contributed by atoms with van der Waals surface area (Å²) in [5.74, 6) is -2.40. The molecule has 0 amide bonds. The first-order chi connectivity index (χ1) is 7.71. The van der Waals surface area contributed by atoms with Crippen LogP contribution < -0.4 is 4.90 Å². The normalized spacial score (nSPS) is 11.4. The Kier molecular flexibility index (Phi) is 3.75. The molecule has 0 heterocycles. The summed E-state index contributed by atoms with van der Waals surface area (Å²) >= 11 is 0. The second-order valence-corrected chi connectivity index (χ2v) is 3.77. The summed E-state index contributed by atoms with van der Waals surface area (Å²) in [7, 11) is 3.13. The Balaban J connectivity index is 3.03. The van der Waals surface area contributed by atoms with Crippen LogP contribution in [-0.2, 0) is 11.2 Å². The van der Waals surface area contributed by atoms with Gasteiger partial charge in [0.1, 0.15) is 5.82 Å². The zero-order valence-corrected chi connectivity index (χ0v) is 9.31. The fourth-order valence-electron chi connectivity index (χ4n) is 1.38. The van der Waals surface area contributed by atoms with Crippen LogP contribution >= 0.6 is 0 Å². The van der Waals surface area contributed by atoms with Gasteiger partial charge < -0.3 is 4.90 Å². The summed E-state index contributed by atoms with van der Waals surface area (Å²) in [6, 6.07) is 3.32. The Hall–Kier alpha value is -1.59. The second kappa shape index (κ2) is 4.73. The van der Waals surface area contributed by atoms with Crippen molar-refractivity contribution in [2.24, 2.45) is 0 Å². The van der Waals surface area contributed by atoms with Crippen molar-refractivity contribution in [2.75, 3.05) is 19.0 Å². The molecule has 0 atom stereocenters. The number of alkyl halides is 3. The van der Waals surface area contributed by atoms with Gasteiger partial charge in [0.25, 0.3) is 0 Å². The molecule has 0 radical (unpaired) electrons. The highest BCUT2D eigenvalue weighted by Crippen LogP contribution is 2.24. The SMILES string of the molecule is CN(C)c1cc(F)ccc1CC(=O)C(F)(F)F. The van der Waals surface area contributed by atoms with Gasteiger partial charge in [-0.3, -0.25) is 4.79 Å². The van der Waals surface area contributed by atoms with Gasteiger partial charge in [-0.2, -0.15) is 13.2 Å². The van der Waals surface area contributed by atoms with E-state index < -0.39 is 24.2 Å². The van der Waals surface area contributed by atoms with E-state index in [1.54, 1.807) is 14.1 Å². The van der Waals surface area contributed by atoms with Crippen molar-refractivity contribution in [3.63, 3.8) is 0 Å². The third-order valence-electron chi connectivity index (χ3n) is 2.20. The number of rotatable bonds is 3. The van der Waals surface area contributed by atoms with E-state index >= 15 is 0 Å². The van der Waals surface area contributed by atoms with E-state index in [1.165, 1.54) is 11.0 Å². The molecule has 1 aromatic carbocycles. The highest BCUT2D eigenvalue weighted by Gasteiger charge is 2.38. The van der Waals surface area contributed by atoms with Crippen molar-refractivity contribution in [3.05, 3.63) is 29.6 Å². The molecule has 0 aliphatic rings. The average Bonchev–Trinajstić information content (AvgIpc) is 2.18. The molecule has 0 aliphatic carbocycles. The molecule has 0 saturated carbocycles. The largest absolute Gasteiger partial charge is 0.450 e. The standard InChI is InChI=1S/C11H11F4NO/c1-16(2)9-6-8(12)4-3-7(9)5-10(17)11(13,14)15/h3-4,6H,5H2,1-2H3. The van der Waals surface area contributed by atoms with Crippen LogP contribution in [0.3, 0.4) is 0 Å². The summed E-state index contributed by atoms with van der Waals surface area (Å²) in [5, 5.41) is 0. The molecule has 6 heteroatoms. The summed E-state index contributed by atoms with van der Waals surface area (Å²) in [6.07, 6.45) is -5.64. The molecule has 0 N–H and O–H groups in total. The lowest BCUT2D eigenvalue weighted by Crippen LogP contribution is -2.25. The molecule has 2 nitrogen and oxygen atoms in total. The monoisotopic (exact) mass is 249 g/mol. The second-order valence-electron chi connectivity index (χ2n) is 3.77. The summed E-state index contributed by atoms with van der Waals surface area (Å²) in [5.41, 5.74) is 0.418. The molecule has 0 aliphatic heterocycles. The Bertz CT molecular complexity index is 426. The first-order valence-electron chi connectivity index (χ1n) is 4.77. The number of benzene rings is 1. The van der Waals surface area contributed by atoms with Gasteiger partial charge >= 0.3 is 6.18 Å². The lowest BCUT2D eigenvalue weighted by atomic mass is 10.1. The first kappa shape index (κ1) is 13.5. The number of carbonyl (C=O) groups is 1. The van der Waals surface area contributed by atoms with E-state index in [2.05, 4.69) is 0 Å². The zero-order valence-electron chi connectivity index (χ0n) is 9.31.